The van der Waals surface area contributed by atoms with E-state index in [1.54, 1.807) is 19.9 Å². The Labute approximate surface area is 144 Å². The van der Waals surface area contributed by atoms with Crippen molar-refractivity contribution >= 4 is 5.91 Å². The summed E-state index contributed by atoms with van der Waals surface area (Å²) >= 11 is 0. The van der Waals surface area contributed by atoms with Crippen LogP contribution in [0.25, 0.3) is 0 Å². The van der Waals surface area contributed by atoms with Crippen molar-refractivity contribution in [1.82, 2.24) is 25.5 Å². The summed E-state index contributed by atoms with van der Waals surface area (Å²) in [7, 11) is 0. The van der Waals surface area contributed by atoms with Gasteiger partial charge in [0.2, 0.25) is 0 Å². The predicted octanol–water partition coefficient (Wildman–Crippen LogP) is 2.21. The van der Waals surface area contributed by atoms with Crippen LogP contribution in [0.15, 0.2) is 42.5 Å². The zero-order valence-electron chi connectivity index (χ0n) is 13.8. The second kappa shape index (κ2) is 6.93. The Morgan fingerprint density at radius 3 is 2.52 bits per heavy atom. The van der Waals surface area contributed by atoms with Gasteiger partial charge in [0, 0.05) is 0 Å². The minimum atomic E-state index is -0.503. The molecule has 0 spiro atoms. The highest BCUT2D eigenvalue weighted by Gasteiger charge is 2.22. The van der Waals surface area contributed by atoms with Gasteiger partial charge in [-0.25, -0.2) is 9.97 Å². The molecule has 0 saturated heterocycles. The lowest BCUT2D eigenvalue weighted by Crippen LogP contribution is -2.31. The van der Waals surface area contributed by atoms with Crippen molar-refractivity contribution in [3.05, 3.63) is 76.6 Å². The maximum absolute atomic E-state index is 12.6. The lowest BCUT2D eigenvalue weighted by Gasteiger charge is -2.16. The minimum absolute atomic E-state index is 0.240. The number of nitrogens with zero attached hydrogens (tertiary/aromatic N) is 4. The smallest absolute Gasteiger partial charge is 0.270 e. The number of pyridine rings is 1. The number of aryl methyl sites for hydroxylation is 2. The highest BCUT2D eigenvalue weighted by Crippen LogP contribution is 2.19. The number of nitrogens with one attached hydrogen (secondary N) is 2. The third-order valence-electron chi connectivity index (χ3n) is 3.72. The Morgan fingerprint density at radius 2 is 1.92 bits per heavy atom. The van der Waals surface area contributed by atoms with Crippen molar-refractivity contribution < 1.29 is 4.79 Å². The minimum Gasteiger partial charge on any atom is -0.337 e. The van der Waals surface area contributed by atoms with Gasteiger partial charge in [-0.15, -0.1) is 0 Å². The van der Waals surface area contributed by atoms with Gasteiger partial charge >= 0.3 is 0 Å². The second-order valence-corrected chi connectivity index (χ2v) is 5.54. The molecule has 0 fully saturated rings. The van der Waals surface area contributed by atoms with Gasteiger partial charge in [0.05, 0.1) is 11.3 Å². The zero-order valence-corrected chi connectivity index (χ0v) is 13.8. The average molecular weight is 332 g/mol. The molecule has 0 bridgehead atoms. The van der Waals surface area contributed by atoms with Crippen LogP contribution in [-0.2, 0) is 0 Å². The number of rotatable bonds is 4. The molecule has 124 valence electrons. The number of carbonyl (C=O) groups excluding carboxylic acids is 1. The van der Waals surface area contributed by atoms with Crippen LogP contribution in [0.5, 0.6) is 0 Å². The summed E-state index contributed by atoms with van der Waals surface area (Å²) in [6.45, 7) is 3.49. The van der Waals surface area contributed by atoms with Crippen LogP contribution in [0.1, 0.15) is 45.0 Å². The summed E-state index contributed by atoms with van der Waals surface area (Å²) in [5.41, 5.74) is 2.06. The fourth-order valence-corrected chi connectivity index (χ4v) is 2.44. The van der Waals surface area contributed by atoms with E-state index in [1.165, 1.54) is 6.07 Å². The molecule has 2 N–H and O–H groups in total. The maximum Gasteiger partial charge on any atom is 0.270 e. The van der Waals surface area contributed by atoms with Crippen molar-refractivity contribution in [3.63, 3.8) is 0 Å². The summed E-state index contributed by atoms with van der Waals surface area (Å²) in [6, 6.07) is 14.1. The second-order valence-electron chi connectivity index (χ2n) is 5.54. The first kappa shape index (κ1) is 16.3. The van der Waals surface area contributed by atoms with Crippen LogP contribution in [0.3, 0.4) is 0 Å². The van der Waals surface area contributed by atoms with Crippen LogP contribution in [-0.4, -0.2) is 26.1 Å². The lowest BCUT2D eigenvalue weighted by atomic mass is 10.1. The van der Waals surface area contributed by atoms with Gasteiger partial charge in [-0.1, -0.05) is 30.3 Å². The first-order valence-corrected chi connectivity index (χ1v) is 7.71. The molecular formula is C18H16N6O. The molecule has 7 heteroatoms. The number of hydrogen-bond acceptors (Lipinski definition) is 5. The largest absolute Gasteiger partial charge is 0.337 e. The fourth-order valence-electron chi connectivity index (χ4n) is 2.44. The predicted molar refractivity (Wildman–Crippen MR) is 90.6 cm³/mol. The standard InChI is InChI=1S/C18H16N6O/c1-11-14(10-19)8-9-15(20-11)18(25)22-16(13-6-4-3-5-7-13)17-21-12(2)23-24-17/h3-9,16H,1-2H3,(H,22,25)(H,21,23,24)/t16-/m0/s1. The summed E-state index contributed by atoms with van der Waals surface area (Å²) in [6.07, 6.45) is 0. The van der Waals surface area contributed by atoms with Gasteiger partial charge in [-0.05, 0) is 31.5 Å². The summed E-state index contributed by atoms with van der Waals surface area (Å²) < 4.78 is 0. The van der Waals surface area contributed by atoms with Gasteiger partial charge in [-0.2, -0.15) is 10.4 Å². The van der Waals surface area contributed by atoms with Crippen LogP contribution < -0.4 is 5.32 Å². The molecule has 2 aromatic heterocycles. The van der Waals surface area contributed by atoms with Crippen molar-refractivity contribution in [2.45, 2.75) is 19.9 Å². The molecule has 0 radical (unpaired) electrons. The molecule has 3 aromatic rings. The van der Waals surface area contributed by atoms with E-state index in [1.807, 2.05) is 36.4 Å². The van der Waals surface area contributed by atoms with Gasteiger partial charge in [0.25, 0.3) is 5.91 Å². The Hall–Kier alpha value is -3.53. The van der Waals surface area contributed by atoms with E-state index in [0.717, 1.165) is 5.56 Å². The van der Waals surface area contributed by atoms with E-state index >= 15 is 0 Å². The van der Waals surface area contributed by atoms with Gasteiger partial charge in [0.1, 0.15) is 23.6 Å². The Bertz CT molecular complexity index is 942. The van der Waals surface area contributed by atoms with Gasteiger partial charge in [-0.3, -0.25) is 9.89 Å². The average Bonchev–Trinajstić information content (AvgIpc) is 3.06. The number of aromatic nitrogens is 4. The lowest BCUT2D eigenvalue weighted by molar-refractivity contribution is 0.0936. The van der Waals surface area contributed by atoms with Crippen molar-refractivity contribution in [1.29, 1.82) is 5.26 Å². The normalized spacial score (nSPS) is 11.6. The summed E-state index contributed by atoms with van der Waals surface area (Å²) in [4.78, 5) is 21.2. The SMILES string of the molecule is Cc1nc([C@@H](NC(=O)c2ccc(C#N)c(C)n2)c2ccccc2)n[nH]1. The molecule has 1 atom stereocenters. The monoisotopic (exact) mass is 332 g/mol. The van der Waals surface area contributed by atoms with Crippen LogP contribution in [0, 0.1) is 25.2 Å². The number of amides is 1. The number of hydrogen-bond donors (Lipinski definition) is 2. The van der Waals surface area contributed by atoms with Crippen molar-refractivity contribution in [2.75, 3.05) is 0 Å². The first-order valence-electron chi connectivity index (χ1n) is 7.71. The van der Waals surface area contributed by atoms with E-state index in [2.05, 4.69) is 25.5 Å². The summed E-state index contributed by atoms with van der Waals surface area (Å²) in [5, 5.41) is 18.9. The molecule has 3 rings (SSSR count). The Balaban J connectivity index is 1.91. The quantitative estimate of drug-likeness (QED) is 0.761. The third kappa shape index (κ3) is 3.53. The maximum atomic E-state index is 12.6. The van der Waals surface area contributed by atoms with Gasteiger partial charge < -0.3 is 5.32 Å². The molecule has 0 saturated carbocycles. The number of nitriles is 1. The molecule has 7 nitrogen and oxygen atoms in total. The number of H-pyrrole nitrogens is 1. The zero-order chi connectivity index (χ0) is 17.8. The van der Waals surface area contributed by atoms with Crippen molar-refractivity contribution in [2.24, 2.45) is 0 Å². The van der Waals surface area contributed by atoms with Crippen LogP contribution in [0.4, 0.5) is 0 Å². The highest BCUT2D eigenvalue weighted by molar-refractivity contribution is 5.92. The third-order valence-corrected chi connectivity index (χ3v) is 3.72. The first-order chi connectivity index (χ1) is 12.1. The number of benzene rings is 1. The van der Waals surface area contributed by atoms with Crippen LogP contribution >= 0.6 is 0 Å². The molecule has 0 aliphatic carbocycles. The molecule has 0 aliphatic heterocycles. The Kier molecular flexibility index (Phi) is 4.53. The van der Waals surface area contributed by atoms with E-state index in [9.17, 15) is 4.79 Å². The van der Waals surface area contributed by atoms with E-state index in [-0.39, 0.29) is 11.6 Å². The van der Waals surface area contributed by atoms with Gasteiger partial charge in [0.15, 0.2) is 5.82 Å². The molecule has 0 aliphatic rings. The molecule has 0 unspecified atom stereocenters. The molecular weight excluding hydrogens is 316 g/mol. The molecule has 1 aromatic carbocycles. The topological polar surface area (TPSA) is 107 Å². The van der Waals surface area contributed by atoms with Crippen LogP contribution in [0.2, 0.25) is 0 Å². The summed E-state index contributed by atoms with van der Waals surface area (Å²) in [5.74, 6) is 0.781. The Morgan fingerprint density at radius 1 is 1.16 bits per heavy atom. The van der Waals surface area contributed by atoms with Crippen molar-refractivity contribution in [3.8, 4) is 6.07 Å². The number of aromatic amines is 1. The molecule has 2 heterocycles. The number of carbonyl (C=O) groups is 1. The molecule has 1 amide bonds. The van der Waals surface area contributed by atoms with E-state index < -0.39 is 6.04 Å². The highest BCUT2D eigenvalue weighted by atomic mass is 16.1. The van der Waals surface area contributed by atoms with E-state index in [4.69, 9.17) is 5.26 Å². The van der Waals surface area contributed by atoms with E-state index in [0.29, 0.717) is 22.9 Å². The molecule has 25 heavy (non-hydrogen) atoms. The fraction of sp³-hybridized carbons (Fsp3) is 0.167.